The number of hydrogen-bond acceptors (Lipinski definition) is 6. The van der Waals surface area contributed by atoms with Crippen molar-refractivity contribution in [3.8, 4) is 23.3 Å². The minimum Gasteiger partial charge on any atom is -0.504 e. The molecule has 7 rings (SSSR count). The van der Waals surface area contributed by atoms with Crippen LogP contribution in [-0.4, -0.2) is 64.6 Å². The van der Waals surface area contributed by atoms with Gasteiger partial charge in [-0.25, -0.2) is 0 Å². The number of carbonyl (C=O) groups excluding carboxylic acids is 2. The molecule has 1 amide bonds. The number of ether oxygens (including phenoxy) is 2. The molecule has 2 aliphatic carbocycles. The molecule has 1 saturated carbocycles. The molecule has 4 aliphatic rings. The van der Waals surface area contributed by atoms with E-state index in [2.05, 4.69) is 16.7 Å². The van der Waals surface area contributed by atoms with Gasteiger partial charge in [-0.2, -0.15) is 13.2 Å². The van der Waals surface area contributed by atoms with Crippen LogP contribution in [-0.2, 0) is 32.3 Å². The molecule has 2 bridgehead atoms. The molecule has 2 heterocycles. The van der Waals surface area contributed by atoms with Crippen molar-refractivity contribution in [2.24, 2.45) is 11.8 Å². The van der Waals surface area contributed by atoms with E-state index in [1.807, 2.05) is 50.2 Å². The number of alkyl halides is 3. The fourth-order valence-electron chi connectivity index (χ4n) is 9.14. The Kier molecular flexibility index (Phi) is 8.83. The van der Waals surface area contributed by atoms with Crippen molar-refractivity contribution >= 4 is 11.9 Å². The van der Waals surface area contributed by atoms with Gasteiger partial charge in [0.1, 0.15) is 12.2 Å². The van der Waals surface area contributed by atoms with Gasteiger partial charge in [-0.3, -0.25) is 14.5 Å². The summed E-state index contributed by atoms with van der Waals surface area (Å²) in [5.41, 5.74) is 2.23. The number of phenols is 1. The predicted molar refractivity (Wildman–Crippen MR) is 180 cm³/mol. The smallest absolute Gasteiger partial charge is 0.416 e. The molecule has 3 aromatic rings. The van der Waals surface area contributed by atoms with Gasteiger partial charge < -0.3 is 19.5 Å². The highest BCUT2D eigenvalue weighted by molar-refractivity contribution is 5.94. The largest absolute Gasteiger partial charge is 0.504 e. The summed E-state index contributed by atoms with van der Waals surface area (Å²) in [7, 11) is 0. The predicted octanol–water partition coefficient (Wildman–Crippen LogP) is 6.66. The van der Waals surface area contributed by atoms with Gasteiger partial charge in [-0.1, -0.05) is 56.2 Å². The highest BCUT2D eigenvalue weighted by Gasteiger charge is 2.66. The third-order valence-corrected chi connectivity index (χ3v) is 11.0. The van der Waals surface area contributed by atoms with Gasteiger partial charge in [0.25, 0.3) is 5.91 Å². The number of hydrogen-bond donors (Lipinski definition) is 1. The number of amides is 1. The van der Waals surface area contributed by atoms with E-state index in [0.717, 1.165) is 54.6 Å². The average Bonchev–Trinajstić information content (AvgIpc) is 3.43. The van der Waals surface area contributed by atoms with Crippen LogP contribution >= 0.6 is 0 Å². The number of carbonyl (C=O) groups is 2. The maximum absolute atomic E-state index is 14.0. The second-order valence-electron chi connectivity index (χ2n) is 14.5. The summed E-state index contributed by atoms with van der Waals surface area (Å²) in [5.74, 6) is 5.67. The molecule has 7 nitrogen and oxygen atoms in total. The molecule has 1 spiro atoms. The van der Waals surface area contributed by atoms with E-state index < -0.39 is 35.3 Å². The molecular weight excluding hydrogens is 645 g/mol. The summed E-state index contributed by atoms with van der Waals surface area (Å²) in [6.07, 6.45) is -2.31. The number of nitrogens with zero attached hydrogens (tertiary/aromatic N) is 2. The number of phenolic OH excluding ortho intramolecular Hbond substituents is 1. The third kappa shape index (κ3) is 6.00. The van der Waals surface area contributed by atoms with Crippen LogP contribution in [0.25, 0.3) is 0 Å². The van der Waals surface area contributed by atoms with E-state index >= 15 is 0 Å². The first-order valence-electron chi connectivity index (χ1n) is 17.3. The molecule has 10 heteroatoms. The summed E-state index contributed by atoms with van der Waals surface area (Å²) in [6, 6.07) is 17.8. The zero-order valence-electron chi connectivity index (χ0n) is 28.4. The Morgan fingerprint density at radius 1 is 1.08 bits per heavy atom. The van der Waals surface area contributed by atoms with Gasteiger partial charge in [0.05, 0.1) is 11.6 Å². The van der Waals surface area contributed by atoms with E-state index in [1.165, 1.54) is 19.1 Å². The number of piperidine rings is 1. The van der Waals surface area contributed by atoms with Gasteiger partial charge in [0, 0.05) is 48.5 Å². The molecule has 0 radical (unpaired) electrons. The molecule has 0 aromatic heterocycles. The minimum absolute atomic E-state index is 0.0914. The summed E-state index contributed by atoms with van der Waals surface area (Å²) >= 11 is 0. The Balaban J connectivity index is 1.21. The molecule has 1 N–H and O–H groups in total. The zero-order valence-corrected chi connectivity index (χ0v) is 28.4. The van der Waals surface area contributed by atoms with Crippen molar-refractivity contribution in [3.63, 3.8) is 0 Å². The van der Waals surface area contributed by atoms with Crippen molar-refractivity contribution in [2.75, 3.05) is 19.6 Å². The first kappa shape index (κ1) is 34.0. The van der Waals surface area contributed by atoms with E-state index in [0.29, 0.717) is 30.8 Å². The SMILES string of the molecule is CC(=O)OC(CN1CC[C@]23c4c5ccc(O)c4O[C@H]2[C@H](N(CC(C)C)C(=O)C#Cc2ccc(C(F)(F)F)cc2)CC[C@H]3[C@H]1C5)c1ccccc1. The topological polar surface area (TPSA) is 79.3 Å². The number of halogens is 3. The van der Waals surface area contributed by atoms with Gasteiger partial charge in [-0.15, -0.1) is 0 Å². The normalized spacial score (nSPS) is 25.5. The number of aromatic hydroxyl groups is 1. The van der Waals surface area contributed by atoms with Crippen LogP contribution in [0.2, 0.25) is 0 Å². The molecule has 6 atom stereocenters. The van der Waals surface area contributed by atoms with Crippen molar-refractivity contribution in [1.29, 1.82) is 0 Å². The average molecular weight is 687 g/mol. The van der Waals surface area contributed by atoms with Gasteiger partial charge in [-0.05, 0) is 85.5 Å². The Morgan fingerprint density at radius 2 is 1.82 bits per heavy atom. The first-order valence-corrected chi connectivity index (χ1v) is 17.3. The second kappa shape index (κ2) is 13.0. The lowest BCUT2D eigenvalue weighted by Gasteiger charge is -2.60. The minimum atomic E-state index is -4.46. The molecule has 262 valence electrons. The van der Waals surface area contributed by atoms with E-state index in [1.54, 1.807) is 11.0 Å². The zero-order chi connectivity index (χ0) is 35.4. The quantitative estimate of drug-likeness (QED) is 0.221. The van der Waals surface area contributed by atoms with E-state index in [-0.39, 0.29) is 35.6 Å². The molecule has 1 saturated heterocycles. The Labute approximate surface area is 290 Å². The summed E-state index contributed by atoms with van der Waals surface area (Å²) in [4.78, 5) is 30.4. The lowest BCUT2D eigenvalue weighted by atomic mass is 9.51. The van der Waals surface area contributed by atoms with Crippen LogP contribution in [0.5, 0.6) is 11.5 Å². The van der Waals surface area contributed by atoms with Gasteiger partial charge in [0.15, 0.2) is 11.5 Å². The fraction of sp³-hybridized carbons (Fsp3) is 0.450. The van der Waals surface area contributed by atoms with Crippen LogP contribution in [0.3, 0.4) is 0 Å². The number of benzene rings is 3. The van der Waals surface area contributed by atoms with Crippen LogP contribution in [0.1, 0.15) is 74.0 Å². The maximum atomic E-state index is 14.0. The van der Waals surface area contributed by atoms with E-state index in [9.17, 15) is 27.9 Å². The molecule has 3 aromatic carbocycles. The van der Waals surface area contributed by atoms with E-state index in [4.69, 9.17) is 9.47 Å². The van der Waals surface area contributed by atoms with Crippen LogP contribution in [0.4, 0.5) is 13.2 Å². The van der Waals surface area contributed by atoms with Crippen molar-refractivity contribution in [1.82, 2.24) is 9.80 Å². The summed E-state index contributed by atoms with van der Waals surface area (Å²) in [5, 5.41) is 11.1. The Morgan fingerprint density at radius 3 is 2.50 bits per heavy atom. The highest BCUT2D eigenvalue weighted by atomic mass is 19.4. The van der Waals surface area contributed by atoms with Gasteiger partial charge in [0.2, 0.25) is 0 Å². The first-order chi connectivity index (χ1) is 23.9. The monoisotopic (exact) mass is 686 g/mol. The Hall–Kier alpha value is -4.49. The summed E-state index contributed by atoms with van der Waals surface area (Å²) in [6.45, 7) is 7.20. The van der Waals surface area contributed by atoms with Crippen molar-refractivity contribution < 1.29 is 37.3 Å². The second-order valence-corrected chi connectivity index (χ2v) is 14.5. The lowest BCUT2D eigenvalue weighted by molar-refractivity contribution is -0.151. The van der Waals surface area contributed by atoms with Crippen LogP contribution in [0, 0.1) is 23.7 Å². The molecule has 2 aliphatic heterocycles. The number of rotatable bonds is 7. The molecular formula is C40H41F3N2O5. The van der Waals surface area contributed by atoms with Crippen molar-refractivity contribution in [3.05, 3.63) is 94.5 Å². The van der Waals surface area contributed by atoms with Crippen molar-refractivity contribution in [2.45, 2.75) is 82.3 Å². The summed E-state index contributed by atoms with van der Waals surface area (Å²) < 4.78 is 51.9. The maximum Gasteiger partial charge on any atom is 0.416 e. The van der Waals surface area contributed by atoms with Crippen LogP contribution in [0.15, 0.2) is 66.7 Å². The number of esters is 1. The number of likely N-dealkylation sites (tertiary alicyclic amines) is 1. The molecule has 1 unspecified atom stereocenters. The molecule has 2 fully saturated rings. The van der Waals surface area contributed by atoms with Gasteiger partial charge >= 0.3 is 12.1 Å². The highest BCUT2D eigenvalue weighted by Crippen LogP contribution is 2.64. The standard InChI is InChI=1S/C40H41F3N2O5/c1-24(2)22-45(35(48)18-11-26-9-13-29(14-10-26)40(41,42)43)31-16-15-30-32-21-28-12-17-33(47)37-36(28)39(30,38(31)50-37)19-20-44(32)23-34(49-25(3)46)27-7-5-4-6-8-27/h4-10,12-14,17,24,30-32,34,38,47H,15-16,19-23H2,1-3H3/t30-,31+,32+,34?,38-,39-/m0/s1. The fourth-order valence-corrected chi connectivity index (χ4v) is 9.14. The van der Waals surface area contributed by atoms with Crippen LogP contribution < -0.4 is 4.74 Å². The third-order valence-electron chi connectivity index (χ3n) is 11.0. The molecule has 50 heavy (non-hydrogen) atoms. The Bertz CT molecular complexity index is 1830. The lowest BCUT2D eigenvalue weighted by Crippen LogP contribution is -2.69.